The van der Waals surface area contributed by atoms with Crippen LogP contribution in [0.5, 0.6) is 5.88 Å². The second kappa shape index (κ2) is 10.7. The smallest absolute Gasteiger partial charge is 0.388 e. The summed E-state index contributed by atoms with van der Waals surface area (Å²) in [7, 11) is -3.17. The predicted molar refractivity (Wildman–Crippen MR) is 135 cm³/mol. The fourth-order valence-corrected chi connectivity index (χ4v) is 6.13. The van der Waals surface area contributed by atoms with Crippen LogP contribution in [-0.4, -0.2) is 66.6 Å². The highest BCUT2D eigenvalue weighted by Crippen LogP contribution is 2.43. The molecule has 1 aliphatic rings. The number of nitrogens with one attached hydrogen (secondary N) is 2. The topological polar surface area (TPSA) is 144 Å². The van der Waals surface area contributed by atoms with Gasteiger partial charge in [-0.1, -0.05) is 38.1 Å². The molecule has 11 nitrogen and oxygen atoms in total. The van der Waals surface area contributed by atoms with Gasteiger partial charge in [-0.3, -0.25) is 9.89 Å². The van der Waals surface area contributed by atoms with Crippen molar-refractivity contribution in [1.29, 1.82) is 0 Å². The molecule has 0 atom stereocenters. The number of rotatable bonds is 9. The fourth-order valence-electron chi connectivity index (χ4n) is 4.50. The van der Waals surface area contributed by atoms with E-state index >= 15 is 0 Å². The average Bonchev–Trinajstić information content (AvgIpc) is 3.35. The number of amides is 1. The first-order valence-corrected chi connectivity index (χ1v) is 13.3. The Balaban J connectivity index is 1.74. The summed E-state index contributed by atoms with van der Waals surface area (Å²) in [5.41, 5.74) is -0.0326. The third kappa shape index (κ3) is 5.21. The molecule has 4 rings (SSSR count). The molecule has 1 saturated heterocycles. The van der Waals surface area contributed by atoms with Crippen molar-refractivity contribution in [2.75, 3.05) is 25.5 Å². The van der Waals surface area contributed by atoms with Crippen LogP contribution in [0.15, 0.2) is 47.5 Å². The summed E-state index contributed by atoms with van der Waals surface area (Å²) in [4.78, 5) is 29.5. The predicted octanol–water partition coefficient (Wildman–Crippen LogP) is 3.21. The molecule has 1 fully saturated rings. The number of H-pyrrole nitrogens is 1. The number of aromatic amines is 1. The summed E-state index contributed by atoms with van der Waals surface area (Å²) in [5, 5.41) is 8.62. The number of benzene rings is 1. The summed E-state index contributed by atoms with van der Waals surface area (Å²) in [6.45, 7) is 1.70. The number of anilines is 1. The van der Waals surface area contributed by atoms with E-state index in [1.807, 2.05) is 26.0 Å². The maximum atomic E-state index is 13.9. The molecule has 0 saturated carbocycles. The molecule has 3 heterocycles. The molecule has 208 valence electrons. The molecule has 1 amide bonds. The van der Waals surface area contributed by atoms with Crippen LogP contribution < -0.4 is 10.1 Å². The Morgan fingerprint density at radius 3 is 2.49 bits per heavy atom. The van der Waals surface area contributed by atoms with Crippen LogP contribution in [0.1, 0.15) is 47.1 Å². The van der Waals surface area contributed by atoms with Crippen molar-refractivity contribution in [3.63, 3.8) is 0 Å². The summed E-state index contributed by atoms with van der Waals surface area (Å²) in [6, 6.07) is 10.0. The number of hydrogen-bond donors (Lipinski definition) is 2. The van der Waals surface area contributed by atoms with Crippen LogP contribution in [0.4, 0.5) is 14.5 Å². The van der Waals surface area contributed by atoms with Gasteiger partial charge in [0.2, 0.25) is 21.8 Å². The monoisotopic (exact) mass is 563 g/mol. The molecule has 2 aromatic heterocycles. The SMILES string of the molecule is COC(=O)c1[nH]ncc1S(=O)(=O)N1CC(C(=O)Nc2ccc(C)nc2OC(F)F)(c2ccccc2C(C)C)C1. The average molecular weight is 564 g/mol. The van der Waals surface area contributed by atoms with E-state index in [2.05, 4.69) is 30.0 Å². The van der Waals surface area contributed by atoms with Crippen LogP contribution in [0.25, 0.3) is 0 Å². The Hall–Kier alpha value is -3.91. The number of halogens is 2. The molecule has 0 aliphatic carbocycles. The number of methoxy groups -OCH3 is 1. The first kappa shape index (κ1) is 28.1. The van der Waals surface area contributed by atoms with Gasteiger partial charge in [0.05, 0.1) is 13.3 Å². The third-order valence-corrected chi connectivity index (χ3v) is 8.29. The van der Waals surface area contributed by atoms with Crippen LogP contribution in [-0.2, 0) is 25.0 Å². The van der Waals surface area contributed by atoms with E-state index in [0.717, 1.165) is 23.2 Å². The summed E-state index contributed by atoms with van der Waals surface area (Å²) >= 11 is 0. The third-order valence-electron chi connectivity index (χ3n) is 6.49. The van der Waals surface area contributed by atoms with Crippen molar-refractivity contribution in [2.45, 2.75) is 43.6 Å². The number of aromatic nitrogens is 3. The summed E-state index contributed by atoms with van der Waals surface area (Å²) in [5.74, 6) is -2.03. The first-order chi connectivity index (χ1) is 18.4. The van der Waals surface area contributed by atoms with Crippen molar-refractivity contribution >= 4 is 27.6 Å². The number of alkyl halides is 2. The lowest BCUT2D eigenvalue weighted by Crippen LogP contribution is -2.66. The number of hydrogen-bond acceptors (Lipinski definition) is 8. The number of pyridine rings is 1. The van der Waals surface area contributed by atoms with Gasteiger partial charge in [0.1, 0.15) is 16.0 Å². The lowest BCUT2D eigenvalue weighted by molar-refractivity contribution is -0.125. The normalized spacial score (nSPS) is 15.2. The quantitative estimate of drug-likeness (QED) is 0.378. The second-order valence-corrected chi connectivity index (χ2v) is 11.2. The Morgan fingerprint density at radius 1 is 1.15 bits per heavy atom. The van der Waals surface area contributed by atoms with Crippen LogP contribution in [0, 0.1) is 6.92 Å². The largest absolute Gasteiger partial charge is 0.464 e. The van der Waals surface area contributed by atoms with Crippen LogP contribution >= 0.6 is 0 Å². The molecule has 2 N–H and O–H groups in total. The Kier molecular flexibility index (Phi) is 7.70. The zero-order valence-corrected chi connectivity index (χ0v) is 22.4. The minimum Gasteiger partial charge on any atom is -0.464 e. The number of ether oxygens (including phenoxy) is 2. The Bertz CT molecular complexity index is 1500. The van der Waals surface area contributed by atoms with Gasteiger partial charge in [-0.25, -0.2) is 18.2 Å². The Labute approximate surface area is 223 Å². The zero-order chi connectivity index (χ0) is 28.5. The maximum absolute atomic E-state index is 13.9. The molecule has 0 radical (unpaired) electrons. The van der Waals surface area contributed by atoms with Crippen molar-refractivity contribution in [1.82, 2.24) is 19.5 Å². The molecule has 39 heavy (non-hydrogen) atoms. The molecular formula is C25H27F2N5O6S. The Morgan fingerprint density at radius 2 is 1.85 bits per heavy atom. The lowest BCUT2D eigenvalue weighted by atomic mass is 9.71. The van der Waals surface area contributed by atoms with Crippen molar-refractivity contribution < 1.29 is 36.3 Å². The van der Waals surface area contributed by atoms with E-state index in [9.17, 15) is 26.8 Å². The van der Waals surface area contributed by atoms with E-state index < -0.39 is 44.7 Å². The van der Waals surface area contributed by atoms with Gasteiger partial charge in [-0.05, 0) is 36.1 Å². The van der Waals surface area contributed by atoms with Gasteiger partial charge in [-0.15, -0.1) is 0 Å². The van der Waals surface area contributed by atoms with Crippen molar-refractivity contribution in [3.8, 4) is 5.88 Å². The number of aryl methyl sites for hydroxylation is 1. The number of carbonyl (C=O) groups excluding carboxylic acids is 2. The highest BCUT2D eigenvalue weighted by molar-refractivity contribution is 7.89. The zero-order valence-electron chi connectivity index (χ0n) is 21.6. The van der Waals surface area contributed by atoms with Gasteiger partial charge in [0.15, 0.2) is 5.69 Å². The number of nitrogens with zero attached hydrogens (tertiary/aromatic N) is 3. The minimum absolute atomic E-state index is 0.0184. The highest BCUT2D eigenvalue weighted by Gasteiger charge is 2.56. The van der Waals surface area contributed by atoms with Gasteiger partial charge in [0.25, 0.3) is 0 Å². The second-order valence-electron chi connectivity index (χ2n) is 9.34. The van der Waals surface area contributed by atoms with Gasteiger partial charge in [-0.2, -0.15) is 18.2 Å². The fraction of sp³-hybridized carbons (Fsp3) is 0.360. The van der Waals surface area contributed by atoms with E-state index in [1.54, 1.807) is 19.1 Å². The standard InChI is InChI=1S/C25H27F2N5O6S/c1-14(2)16-7-5-6-8-17(16)25(23(34)30-18-10-9-15(3)29-21(18)38-24(26)27)12-32(13-25)39(35,36)19-11-28-31-20(19)22(33)37-4/h5-11,14,24H,12-13H2,1-4H3,(H,28,31)(H,30,34). The molecule has 0 bridgehead atoms. The number of esters is 1. The molecule has 14 heteroatoms. The van der Waals surface area contributed by atoms with Gasteiger partial charge >= 0.3 is 12.6 Å². The summed E-state index contributed by atoms with van der Waals surface area (Å²) in [6.07, 6.45) is 0.996. The van der Waals surface area contributed by atoms with Crippen LogP contribution in [0.2, 0.25) is 0 Å². The minimum atomic E-state index is -4.27. The van der Waals surface area contributed by atoms with Gasteiger partial charge in [0, 0.05) is 18.8 Å². The van der Waals surface area contributed by atoms with Crippen LogP contribution in [0.3, 0.4) is 0 Å². The molecule has 1 aliphatic heterocycles. The van der Waals surface area contributed by atoms with E-state index in [0.29, 0.717) is 11.3 Å². The van der Waals surface area contributed by atoms with Gasteiger partial charge < -0.3 is 14.8 Å². The molecular weight excluding hydrogens is 536 g/mol. The molecule has 0 spiro atoms. The summed E-state index contributed by atoms with van der Waals surface area (Å²) < 4.78 is 63.2. The lowest BCUT2D eigenvalue weighted by Gasteiger charge is -2.48. The van der Waals surface area contributed by atoms with E-state index in [-0.39, 0.29) is 30.4 Å². The molecule has 3 aromatic rings. The number of sulfonamides is 1. The van der Waals surface area contributed by atoms with E-state index in [4.69, 9.17) is 0 Å². The number of carbonyl (C=O) groups is 2. The van der Waals surface area contributed by atoms with E-state index in [1.165, 1.54) is 12.1 Å². The molecule has 1 aromatic carbocycles. The molecule has 0 unspecified atom stereocenters. The van der Waals surface area contributed by atoms with Crippen molar-refractivity contribution in [2.24, 2.45) is 0 Å². The first-order valence-electron chi connectivity index (χ1n) is 11.9. The highest BCUT2D eigenvalue weighted by atomic mass is 32.2. The maximum Gasteiger partial charge on any atom is 0.388 e. The van der Waals surface area contributed by atoms with Crippen molar-refractivity contribution in [3.05, 3.63) is 65.1 Å².